The molecule has 7 nitrogen and oxygen atoms in total. The van der Waals surface area contributed by atoms with Gasteiger partial charge in [-0.15, -0.1) is 0 Å². The molecule has 0 radical (unpaired) electrons. The SMILES string of the molecule is CCS(=O)(=O)c1ncc(CN2CCN(CCO)CC2)n1CCCc1ccccc1. The van der Waals surface area contributed by atoms with Crippen molar-refractivity contribution in [3.63, 3.8) is 0 Å². The third-order valence-electron chi connectivity index (χ3n) is 5.52. The van der Waals surface area contributed by atoms with Crippen LogP contribution in [0.5, 0.6) is 0 Å². The first-order chi connectivity index (χ1) is 14.0. The molecule has 2 heterocycles. The zero-order valence-electron chi connectivity index (χ0n) is 17.2. The smallest absolute Gasteiger partial charge is 0.227 e. The molecular formula is C21H32N4O3S. The van der Waals surface area contributed by atoms with Crippen LogP contribution in [0.15, 0.2) is 41.7 Å². The number of hydrogen-bond donors (Lipinski definition) is 1. The summed E-state index contributed by atoms with van der Waals surface area (Å²) in [5.41, 5.74) is 2.22. The van der Waals surface area contributed by atoms with Crippen LogP contribution >= 0.6 is 0 Å². The van der Waals surface area contributed by atoms with Crippen LogP contribution in [0.25, 0.3) is 0 Å². The van der Waals surface area contributed by atoms with E-state index in [0.717, 1.165) is 44.7 Å². The Morgan fingerprint density at radius 2 is 1.72 bits per heavy atom. The Morgan fingerprint density at radius 1 is 1.03 bits per heavy atom. The molecule has 1 aromatic carbocycles. The van der Waals surface area contributed by atoms with Gasteiger partial charge in [-0.2, -0.15) is 0 Å². The lowest BCUT2D eigenvalue weighted by molar-refractivity contribution is 0.107. The molecule has 0 aliphatic carbocycles. The molecule has 1 aliphatic rings. The molecule has 160 valence electrons. The van der Waals surface area contributed by atoms with Gasteiger partial charge < -0.3 is 9.67 Å². The molecule has 1 N–H and O–H groups in total. The van der Waals surface area contributed by atoms with E-state index in [0.29, 0.717) is 19.6 Å². The van der Waals surface area contributed by atoms with Crippen LogP contribution in [0, 0.1) is 0 Å². The highest BCUT2D eigenvalue weighted by molar-refractivity contribution is 7.91. The first-order valence-corrected chi connectivity index (χ1v) is 12.1. The van der Waals surface area contributed by atoms with Gasteiger partial charge in [0, 0.05) is 45.8 Å². The molecule has 2 aromatic rings. The van der Waals surface area contributed by atoms with Gasteiger partial charge >= 0.3 is 0 Å². The second kappa shape index (κ2) is 10.3. The van der Waals surface area contributed by atoms with Crippen LogP contribution in [0.2, 0.25) is 0 Å². The topological polar surface area (TPSA) is 78.7 Å². The van der Waals surface area contributed by atoms with E-state index in [2.05, 4.69) is 26.9 Å². The van der Waals surface area contributed by atoms with Crippen LogP contribution in [0.3, 0.4) is 0 Å². The van der Waals surface area contributed by atoms with E-state index in [1.54, 1.807) is 13.1 Å². The maximum atomic E-state index is 12.5. The predicted octanol–water partition coefficient (Wildman–Crippen LogP) is 1.42. The normalized spacial score (nSPS) is 16.3. The number of imidazole rings is 1. The van der Waals surface area contributed by atoms with Crippen molar-refractivity contribution in [2.45, 2.75) is 38.0 Å². The van der Waals surface area contributed by atoms with Crippen molar-refractivity contribution >= 4 is 9.84 Å². The molecule has 0 atom stereocenters. The number of sulfone groups is 1. The maximum absolute atomic E-state index is 12.5. The van der Waals surface area contributed by atoms with Gasteiger partial charge in [-0.05, 0) is 18.4 Å². The summed E-state index contributed by atoms with van der Waals surface area (Å²) < 4.78 is 27.0. The molecule has 1 fully saturated rings. The molecule has 0 bridgehead atoms. The molecule has 0 amide bonds. The lowest BCUT2D eigenvalue weighted by Crippen LogP contribution is -2.46. The molecule has 0 saturated carbocycles. The van der Waals surface area contributed by atoms with Crippen molar-refractivity contribution < 1.29 is 13.5 Å². The summed E-state index contributed by atoms with van der Waals surface area (Å²) >= 11 is 0. The summed E-state index contributed by atoms with van der Waals surface area (Å²) in [6, 6.07) is 10.3. The maximum Gasteiger partial charge on any atom is 0.227 e. The Balaban J connectivity index is 1.69. The Bertz CT molecular complexity index is 859. The van der Waals surface area contributed by atoms with E-state index in [4.69, 9.17) is 5.11 Å². The second-order valence-electron chi connectivity index (χ2n) is 7.52. The highest BCUT2D eigenvalue weighted by Crippen LogP contribution is 2.17. The highest BCUT2D eigenvalue weighted by Gasteiger charge is 2.23. The number of hydrogen-bond acceptors (Lipinski definition) is 6. The number of aliphatic hydroxyl groups excluding tert-OH is 1. The summed E-state index contributed by atoms with van der Waals surface area (Å²) in [4.78, 5) is 8.88. The van der Waals surface area contributed by atoms with Crippen LogP contribution in [-0.4, -0.2) is 78.0 Å². The molecular weight excluding hydrogens is 388 g/mol. The van der Waals surface area contributed by atoms with E-state index in [-0.39, 0.29) is 17.5 Å². The van der Waals surface area contributed by atoms with Gasteiger partial charge in [0.1, 0.15) is 0 Å². The average molecular weight is 421 g/mol. The predicted molar refractivity (Wildman–Crippen MR) is 114 cm³/mol. The third kappa shape index (κ3) is 5.88. The van der Waals surface area contributed by atoms with Gasteiger partial charge in [0.15, 0.2) is 0 Å². The van der Waals surface area contributed by atoms with Crippen LogP contribution < -0.4 is 0 Å². The molecule has 3 rings (SSSR count). The molecule has 1 aliphatic heterocycles. The number of benzene rings is 1. The Labute approximate surface area is 173 Å². The number of β-amino-alcohol motifs (C(OH)–C–C–N with tert-alkyl or cyclic N) is 1. The van der Waals surface area contributed by atoms with Gasteiger partial charge in [0.2, 0.25) is 15.0 Å². The fourth-order valence-corrected chi connectivity index (χ4v) is 4.78. The van der Waals surface area contributed by atoms with Crippen molar-refractivity contribution in [1.82, 2.24) is 19.4 Å². The number of rotatable bonds is 10. The highest BCUT2D eigenvalue weighted by atomic mass is 32.2. The fraction of sp³-hybridized carbons (Fsp3) is 0.571. The lowest BCUT2D eigenvalue weighted by atomic mass is 10.1. The Kier molecular flexibility index (Phi) is 7.83. The van der Waals surface area contributed by atoms with E-state index in [1.807, 2.05) is 22.8 Å². The molecule has 8 heteroatoms. The minimum absolute atomic E-state index is 0.0575. The van der Waals surface area contributed by atoms with E-state index < -0.39 is 9.84 Å². The summed E-state index contributed by atoms with van der Waals surface area (Å²) in [6.45, 7) is 7.56. The number of nitrogens with zero attached hydrogens (tertiary/aromatic N) is 4. The van der Waals surface area contributed by atoms with Crippen molar-refractivity contribution in [2.24, 2.45) is 0 Å². The minimum atomic E-state index is -3.36. The standard InChI is InChI=1S/C21H32N4O3S/c1-2-29(27,28)21-22-17-20(18-24-13-11-23(12-14-24)15-16-26)25(21)10-6-9-19-7-4-3-5-8-19/h3-5,7-8,17,26H,2,6,9-16,18H2,1H3. The van der Waals surface area contributed by atoms with Gasteiger partial charge in [0.25, 0.3) is 0 Å². The summed E-state index contributed by atoms with van der Waals surface area (Å²) in [6.07, 6.45) is 3.50. The summed E-state index contributed by atoms with van der Waals surface area (Å²) in [5, 5.41) is 9.30. The van der Waals surface area contributed by atoms with E-state index >= 15 is 0 Å². The van der Waals surface area contributed by atoms with Gasteiger partial charge in [0.05, 0.1) is 24.3 Å². The van der Waals surface area contributed by atoms with Crippen LogP contribution in [-0.2, 0) is 29.3 Å². The molecule has 0 spiro atoms. The number of piperazine rings is 1. The van der Waals surface area contributed by atoms with Crippen LogP contribution in [0.1, 0.15) is 24.6 Å². The first kappa shape index (κ1) is 22.0. The lowest BCUT2D eigenvalue weighted by Gasteiger charge is -2.34. The Morgan fingerprint density at radius 3 is 2.38 bits per heavy atom. The quantitative estimate of drug-likeness (QED) is 0.626. The molecule has 1 aromatic heterocycles. The second-order valence-corrected chi connectivity index (χ2v) is 9.69. The fourth-order valence-electron chi connectivity index (χ4n) is 3.76. The minimum Gasteiger partial charge on any atom is -0.395 e. The number of aryl methyl sites for hydroxylation is 1. The van der Waals surface area contributed by atoms with Crippen molar-refractivity contribution in [3.05, 3.63) is 47.8 Å². The van der Waals surface area contributed by atoms with Gasteiger partial charge in [-0.25, -0.2) is 13.4 Å². The molecule has 29 heavy (non-hydrogen) atoms. The van der Waals surface area contributed by atoms with E-state index in [9.17, 15) is 8.42 Å². The Hall–Kier alpha value is -1.74. The summed E-state index contributed by atoms with van der Waals surface area (Å²) in [5.74, 6) is 0.0575. The average Bonchev–Trinajstić information content (AvgIpc) is 3.14. The monoisotopic (exact) mass is 420 g/mol. The zero-order chi connectivity index (χ0) is 20.7. The van der Waals surface area contributed by atoms with E-state index in [1.165, 1.54) is 5.56 Å². The molecule has 1 saturated heterocycles. The zero-order valence-corrected chi connectivity index (χ0v) is 18.0. The summed E-state index contributed by atoms with van der Waals surface area (Å²) in [7, 11) is -3.36. The number of aliphatic hydroxyl groups is 1. The van der Waals surface area contributed by atoms with Crippen molar-refractivity contribution in [1.29, 1.82) is 0 Å². The third-order valence-corrected chi connectivity index (χ3v) is 7.16. The van der Waals surface area contributed by atoms with Crippen molar-refractivity contribution in [3.8, 4) is 0 Å². The van der Waals surface area contributed by atoms with Gasteiger partial charge in [-0.1, -0.05) is 37.3 Å². The molecule has 0 unspecified atom stereocenters. The van der Waals surface area contributed by atoms with Crippen LogP contribution in [0.4, 0.5) is 0 Å². The largest absolute Gasteiger partial charge is 0.395 e. The van der Waals surface area contributed by atoms with Crippen molar-refractivity contribution in [2.75, 3.05) is 45.1 Å². The first-order valence-electron chi connectivity index (χ1n) is 10.4. The van der Waals surface area contributed by atoms with Gasteiger partial charge in [-0.3, -0.25) is 9.80 Å². The number of aromatic nitrogens is 2.